The summed E-state index contributed by atoms with van der Waals surface area (Å²) in [6.45, 7) is 3.97. The van der Waals surface area contributed by atoms with Crippen molar-refractivity contribution in [3.05, 3.63) is 24.3 Å². The summed E-state index contributed by atoms with van der Waals surface area (Å²) in [7, 11) is 4.16. The molecule has 0 saturated carbocycles. The molecular weight excluding hydrogens is 334 g/mol. The number of rotatable bonds is 17. The highest BCUT2D eigenvalue weighted by atomic mass is 16.7. The zero-order valence-electron chi connectivity index (χ0n) is 18.3. The second-order valence-electron chi connectivity index (χ2n) is 8.16. The zero-order chi connectivity index (χ0) is 19.6. The maximum atomic E-state index is 5.92. The molecule has 1 heterocycles. The first-order valence-electron chi connectivity index (χ1n) is 11.4. The smallest absolute Gasteiger partial charge is 0.158 e. The van der Waals surface area contributed by atoms with Crippen molar-refractivity contribution in [1.82, 2.24) is 4.90 Å². The van der Waals surface area contributed by atoms with Crippen molar-refractivity contribution in [3.8, 4) is 0 Å². The van der Waals surface area contributed by atoms with E-state index in [0.717, 1.165) is 26.0 Å². The molecule has 1 fully saturated rings. The van der Waals surface area contributed by atoms with E-state index in [0.29, 0.717) is 0 Å². The standard InChI is InChI=1S/C24H45NO2/c1-4-5-6-7-8-9-10-11-12-13-14-15-16-17-18-19-20-24-26-22-23(27-24)21-25(2)3/h8-9,11-12,23-24H,4-7,10,13-22H2,1-3H3/b9-8-,12-11-. The van der Waals surface area contributed by atoms with E-state index in [-0.39, 0.29) is 12.4 Å². The van der Waals surface area contributed by atoms with Crippen molar-refractivity contribution in [2.45, 2.75) is 103 Å². The molecule has 3 heteroatoms. The van der Waals surface area contributed by atoms with Crippen molar-refractivity contribution < 1.29 is 9.47 Å². The van der Waals surface area contributed by atoms with Gasteiger partial charge in [-0.3, -0.25) is 0 Å². The highest BCUT2D eigenvalue weighted by Gasteiger charge is 2.25. The number of allylic oxidation sites excluding steroid dienone is 4. The van der Waals surface area contributed by atoms with Crippen LogP contribution in [-0.2, 0) is 9.47 Å². The third-order valence-electron chi connectivity index (χ3n) is 5.02. The number of likely N-dealkylation sites (N-methyl/N-ethyl adjacent to an activating group) is 1. The largest absolute Gasteiger partial charge is 0.350 e. The van der Waals surface area contributed by atoms with Gasteiger partial charge in [-0.15, -0.1) is 0 Å². The van der Waals surface area contributed by atoms with E-state index in [9.17, 15) is 0 Å². The van der Waals surface area contributed by atoms with Gasteiger partial charge in [-0.05, 0) is 59.0 Å². The molecule has 0 aromatic heterocycles. The molecule has 0 N–H and O–H groups in total. The normalized spacial score (nSPS) is 20.6. The average molecular weight is 380 g/mol. The van der Waals surface area contributed by atoms with Gasteiger partial charge >= 0.3 is 0 Å². The predicted octanol–water partition coefficient (Wildman–Crippen LogP) is 6.49. The van der Waals surface area contributed by atoms with Gasteiger partial charge in [-0.25, -0.2) is 0 Å². The first-order chi connectivity index (χ1) is 13.2. The van der Waals surface area contributed by atoms with Gasteiger partial charge < -0.3 is 14.4 Å². The van der Waals surface area contributed by atoms with Crippen LogP contribution in [0.15, 0.2) is 24.3 Å². The van der Waals surface area contributed by atoms with Crippen LogP contribution in [0, 0.1) is 0 Å². The maximum Gasteiger partial charge on any atom is 0.158 e. The van der Waals surface area contributed by atoms with E-state index in [4.69, 9.17) is 9.47 Å². The van der Waals surface area contributed by atoms with E-state index >= 15 is 0 Å². The van der Waals surface area contributed by atoms with Gasteiger partial charge in [0.15, 0.2) is 6.29 Å². The Morgan fingerprint density at radius 3 is 2.11 bits per heavy atom. The highest BCUT2D eigenvalue weighted by Crippen LogP contribution is 2.18. The van der Waals surface area contributed by atoms with Gasteiger partial charge in [-0.2, -0.15) is 0 Å². The molecule has 1 aliphatic rings. The van der Waals surface area contributed by atoms with Crippen molar-refractivity contribution in [2.75, 3.05) is 27.2 Å². The lowest BCUT2D eigenvalue weighted by molar-refractivity contribution is -0.0656. The molecule has 0 spiro atoms. The van der Waals surface area contributed by atoms with E-state index in [1.54, 1.807) is 0 Å². The molecule has 0 bridgehead atoms. The lowest BCUT2D eigenvalue weighted by Gasteiger charge is -2.15. The molecule has 1 saturated heterocycles. The van der Waals surface area contributed by atoms with E-state index in [1.807, 2.05) is 0 Å². The average Bonchev–Trinajstić information content (AvgIpc) is 3.08. The van der Waals surface area contributed by atoms with Crippen molar-refractivity contribution in [2.24, 2.45) is 0 Å². The summed E-state index contributed by atoms with van der Waals surface area (Å²) in [6, 6.07) is 0. The Bertz CT molecular complexity index is 379. The molecule has 0 aliphatic carbocycles. The molecule has 27 heavy (non-hydrogen) atoms. The van der Waals surface area contributed by atoms with Gasteiger partial charge in [0, 0.05) is 6.54 Å². The Labute approximate surface area is 169 Å². The minimum atomic E-state index is 0.0424. The lowest BCUT2D eigenvalue weighted by atomic mass is 10.1. The molecule has 0 aromatic carbocycles. The first kappa shape index (κ1) is 24.4. The van der Waals surface area contributed by atoms with Gasteiger partial charge in [0.1, 0.15) is 0 Å². The quantitative estimate of drug-likeness (QED) is 0.213. The van der Waals surface area contributed by atoms with Gasteiger partial charge in [0.2, 0.25) is 0 Å². The molecule has 0 amide bonds. The van der Waals surface area contributed by atoms with Gasteiger partial charge in [-0.1, -0.05) is 69.8 Å². The second kappa shape index (κ2) is 17.5. The summed E-state index contributed by atoms with van der Waals surface area (Å²) in [5, 5.41) is 0. The summed E-state index contributed by atoms with van der Waals surface area (Å²) in [6.07, 6.45) is 26.2. The van der Waals surface area contributed by atoms with Crippen LogP contribution < -0.4 is 0 Å². The number of hydrogen-bond acceptors (Lipinski definition) is 3. The number of hydrogen-bond donors (Lipinski definition) is 0. The molecule has 1 aliphatic heterocycles. The van der Waals surface area contributed by atoms with Crippen molar-refractivity contribution in [1.29, 1.82) is 0 Å². The Kier molecular flexibility index (Phi) is 15.8. The minimum absolute atomic E-state index is 0.0424. The third kappa shape index (κ3) is 15.0. The van der Waals surface area contributed by atoms with Crippen LogP contribution in [0.1, 0.15) is 90.4 Å². The van der Waals surface area contributed by atoms with E-state index in [1.165, 1.54) is 70.6 Å². The van der Waals surface area contributed by atoms with Crippen molar-refractivity contribution in [3.63, 3.8) is 0 Å². The predicted molar refractivity (Wildman–Crippen MR) is 117 cm³/mol. The number of nitrogens with zero attached hydrogens (tertiary/aromatic N) is 1. The molecular formula is C24H45NO2. The second-order valence-corrected chi connectivity index (χ2v) is 8.16. The summed E-state index contributed by atoms with van der Waals surface area (Å²) in [5.74, 6) is 0. The van der Waals surface area contributed by atoms with Crippen LogP contribution in [0.4, 0.5) is 0 Å². The molecule has 0 radical (unpaired) electrons. The monoisotopic (exact) mass is 379 g/mol. The van der Waals surface area contributed by atoms with Crippen LogP contribution in [-0.4, -0.2) is 44.5 Å². The fourth-order valence-corrected chi connectivity index (χ4v) is 3.46. The fraction of sp³-hybridized carbons (Fsp3) is 0.833. The minimum Gasteiger partial charge on any atom is -0.350 e. The third-order valence-corrected chi connectivity index (χ3v) is 5.02. The molecule has 2 atom stereocenters. The molecule has 3 nitrogen and oxygen atoms in total. The van der Waals surface area contributed by atoms with E-state index in [2.05, 4.69) is 50.2 Å². The lowest BCUT2D eigenvalue weighted by Crippen LogP contribution is -2.27. The molecule has 2 unspecified atom stereocenters. The number of ether oxygens (including phenoxy) is 2. The topological polar surface area (TPSA) is 21.7 Å². The molecule has 1 rings (SSSR count). The number of unbranched alkanes of at least 4 members (excludes halogenated alkanes) is 9. The summed E-state index contributed by atoms with van der Waals surface area (Å²) in [4.78, 5) is 2.16. The molecule has 0 aromatic rings. The fourth-order valence-electron chi connectivity index (χ4n) is 3.46. The Morgan fingerprint density at radius 1 is 0.815 bits per heavy atom. The van der Waals surface area contributed by atoms with E-state index < -0.39 is 0 Å². The van der Waals surface area contributed by atoms with Crippen molar-refractivity contribution >= 4 is 0 Å². The Balaban J connectivity index is 1.81. The van der Waals surface area contributed by atoms with Crippen LogP contribution in [0.3, 0.4) is 0 Å². The summed E-state index contributed by atoms with van der Waals surface area (Å²) in [5.41, 5.74) is 0. The summed E-state index contributed by atoms with van der Waals surface area (Å²) < 4.78 is 11.6. The van der Waals surface area contributed by atoms with Crippen LogP contribution in [0.2, 0.25) is 0 Å². The SMILES string of the molecule is CCCCC/C=C\C/C=C\CCCCCCCCC1OCC(CN(C)C)O1. The zero-order valence-corrected chi connectivity index (χ0v) is 18.3. The molecule has 158 valence electrons. The Morgan fingerprint density at radius 2 is 1.44 bits per heavy atom. The van der Waals surface area contributed by atoms with Crippen LogP contribution in [0.25, 0.3) is 0 Å². The Hall–Kier alpha value is -0.640. The van der Waals surface area contributed by atoms with Crippen LogP contribution in [0.5, 0.6) is 0 Å². The van der Waals surface area contributed by atoms with Gasteiger partial charge in [0.05, 0.1) is 12.7 Å². The first-order valence-corrected chi connectivity index (χ1v) is 11.4. The van der Waals surface area contributed by atoms with Crippen LogP contribution >= 0.6 is 0 Å². The van der Waals surface area contributed by atoms with Gasteiger partial charge in [0.25, 0.3) is 0 Å². The highest BCUT2D eigenvalue weighted by molar-refractivity contribution is 4.92. The maximum absolute atomic E-state index is 5.92. The summed E-state index contributed by atoms with van der Waals surface area (Å²) >= 11 is 0.